The van der Waals surface area contributed by atoms with Crippen LogP contribution in [0, 0.1) is 0 Å². The van der Waals surface area contributed by atoms with Gasteiger partial charge in [-0.2, -0.15) is 20.0 Å². The van der Waals surface area contributed by atoms with Crippen LogP contribution in [-0.2, 0) is 19.2 Å². The van der Waals surface area contributed by atoms with Crippen LogP contribution < -0.4 is 0 Å². The zero-order valence-corrected chi connectivity index (χ0v) is 11.5. The molecule has 0 radical (unpaired) electrons. The highest BCUT2D eigenvalue weighted by molar-refractivity contribution is 5.58. The van der Waals surface area contributed by atoms with E-state index in [0.717, 1.165) is 0 Å². The highest BCUT2D eigenvalue weighted by atomic mass is 16.1. The molecule has 0 aromatic carbocycles. The van der Waals surface area contributed by atoms with Gasteiger partial charge in [0.25, 0.3) is 0 Å². The van der Waals surface area contributed by atoms with Gasteiger partial charge in [-0.3, -0.25) is 0 Å². The molecule has 1 aliphatic carbocycles. The van der Waals surface area contributed by atoms with E-state index < -0.39 is 11.2 Å². The minimum absolute atomic E-state index is 0.00977. The molecule has 106 valence electrons. The van der Waals surface area contributed by atoms with E-state index in [1.54, 1.807) is 6.92 Å². The van der Waals surface area contributed by atoms with Gasteiger partial charge in [-0.25, -0.2) is 19.2 Å². The van der Waals surface area contributed by atoms with Gasteiger partial charge in [-0.1, -0.05) is 6.08 Å². The first-order valence-corrected chi connectivity index (χ1v) is 5.68. The lowest BCUT2D eigenvalue weighted by atomic mass is 9.73. The number of aliphatic imine (C=N–C) groups is 4. The molecule has 0 saturated heterocycles. The van der Waals surface area contributed by atoms with Gasteiger partial charge in [0.1, 0.15) is 0 Å². The Balaban J connectivity index is 4.00. The Morgan fingerprint density at radius 2 is 1.43 bits per heavy atom. The van der Waals surface area contributed by atoms with E-state index in [2.05, 4.69) is 20.0 Å². The summed E-state index contributed by atoms with van der Waals surface area (Å²) in [7, 11) is 0. The monoisotopic (exact) mass is 286 g/mol. The Hall–Kier alpha value is -3.00. The van der Waals surface area contributed by atoms with Gasteiger partial charge in [0.05, 0.1) is 5.70 Å². The summed E-state index contributed by atoms with van der Waals surface area (Å²) in [5.74, 6) is 0. The van der Waals surface area contributed by atoms with Crippen LogP contribution in [0.5, 0.6) is 0 Å². The molecule has 1 aliphatic rings. The van der Waals surface area contributed by atoms with E-state index >= 15 is 0 Å². The molecule has 0 aliphatic heterocycles. The van der Waals surface area contributed by atoms with Crippen LogP contribution in [0.25, 0.3) is 0 Å². The molecule has 0 bridgehead atoms. The minimum Gasteiger partial charge on any atom is -0.211 e. The van der Waals surface area contributed by atoms with E-state index in [0.29, 0.717) is 11.1 Å². The first-order valence-electron chi connectivity index (χ1n) is 5.68. The van der Waals surface area contributed by atoms with Gasteiger partial charge < -0.3 is 0 Å². The third-order valence-corrected chi connectivity index (χ3v) is 3.34. The molecule has 0 heterocycles. The van der Waals surface area contributed by atoms with Crippen LogP contribution in [-0.4, -0.2) is 35.5 Å². The largest absolute Gasteiger partial charge is 0.240 e. The summed E-state index contributed by atoms with van der Waals surface area (Å²) in [5, 5.41) is 0. The fraction of sp³-hybridized carbons (Fsp3) is 0.385. The molecule has 1 atom stereocenters. The SMILES string of the molecule is CC1=CC(C)=C(N=C=O)C(C)(N=C=O)C1(N=C=O)N=C=O. The van der Waals surface area contributed by atoms with Crippen LogP contribution in [0.15, 0.2) is 42.9 Å². The average Bonchev–Trinajstić information content (AvgIpc) is 2.42. The zero-order chi connectivity index (χ0) is 16.1. The van der Waals surface area contributed by atoms with Crippen molar-refractivity contribution in [3.63, 3.8) is 0 Å². The van der Waals surface area contributed by atoms with Crippen molar-refractivity contribution in [1.82, 2.24) is 0 Å². The summed E-state index contributed by atoms with van der Waals surface area (Å²) in [5.41, 5.74) is -2.81. The Morgan fingerprint density at radius 3 is 1.86 bits per heavy atom. The number of isocyanates is 4. The maximum Gasteiger partial charge on any atom is 0.240 e. The maximum absolute atomic E-state index is 10.8. The third-order valence-electron chi connectivity index (χ3n) is 3.34. The van der Waals surface area contributed by atoms with Gasteiger partial charge >= 0.3 is 0 Å². The molecule has 0 amide bonds. The van der Waals surface area contributed by atoms with Gasteiger partial charge in [-0.15, -0.1) is 0 Å². The van der Waals surface area contributed by atoms with Crippen molar-refractivity contribution in [3.8, 4) is 0 Å². The molecule has 0 N–H and O–H groups in total. The maximum atomic E-state index is 10.8. The number of hydrogen-bond acceptors (Lipinski definition) is 8. The Labute approximate surface area is 119 Å². The van der Waals surface area contributed by atoms with Crippen LogP contribution in [0.3, 0.4) is 0 Å². The first kappa shape index (κ1) is 16.1. The predicted octanol–water partition coefficient (Wildman–Crippen LogP) is 1.02. The van der Waals surface area contributed by atoms with E-state index in [1.807, 2.05) is 0 Å². The molecule has 21 heavy (non-hydrogen) atoms. The lowest BCUT2D eigenvalue weighted by Gasteiger charge is -2.40. The van der Waals surface area contributed by atoms with E-state index in [-0.39, 0.29) is 5.70 Å². The second-order valence-electron chi connectivity index (χ2n) is 4.42. The lowest BCUT2D eigenvalue weighted by molar-refractivity contribution is 0.326. The molecule has 0 spiro atoms. The summed E-state index contributed by atoms with van der Waals surface area (Å²) >= 11 is 0. The quantitative estimate of drug-likeness (QED) is 0.566. The van der Waals surface area contributed by atoms with Crippen molar-refractivity contribution in [3.05, 3.63) is 22.9 Å². The van der Waals surface area contributed by atoms with Crippen LogP contribution >= 0.6 is 0 Å². The second-order valence-corrected chi connectivity index (χ2v) is 4.42. The number of carbonyl (C=O) groups excluding carboxylic acids is 4. The fourth-order valence-corrected chi connectivity index (χ4v) is 2.44. The average molecular weight is 286 g/mol. The van der Waals surface area contributed by atoms with Gasteiger partial charge in [0.15, 0.2) is 5.54 Å². The molecule has 1 rings (SSSR count). The van der Waals surface area contributed by atoms with Crippen molar-refractivity contribution >= 4 is 24.3 Å². The molecule has 1 unspecified atom stereocenters. The number of rotatable bonds is 4. The third kappa shape index (κ3) is 2.28. The van der Waals surface area contributed by atoms with Crippen molar-refractivity contribution in [2.24, 2.45) is 20.0 Å². The zero-order valence-electron chi connectivity index (χ0n) is 11.5. The highest BCUT2D eigenvalue weighted by Crippen LogP contribution is 2.47. The van der Waals surface area contributed by atoms with Crippen molar-refractivity contribution in [2.75, 3.05) is 0 Å². The minimum atomic E-state index is -1.90. The van der Waals surface area contributed by atoms with Crippen molar-refractivity contribution in [2.45, 2.75) is 32.0 Å². The van der Waals surface area contributed by atoms with Gasteiger partial charge in [0, 0.05) is 0 Å². The molecule has 8 nitrogen and oxygen atoms in total. The summed E-state index contributed by atoms with van der Waals surface area (Å²) in [4.78, 5) is 57.1. The number of nitrogens with zero attached hydrogens (tertiary/aromatic N) is 4. The molecular weight excluding hydrogens is 276 g/mol. The molecular formula is C13H10N4O4. The van der Waals surface area contributed by atoms with Crippen LogP contribution in [0.1, 0.15) is 20.8 Å². The first-order chi connectivity index (χ1) is 9.93. The summed E-state index contributed by atoms with van der Waals surface area (Å²) in [6.07, 6.45) is 6.76. The van der Waals surface area contributed by atoms with Crippen LogP contribution in [0.4, 0.5) is 0 Å². The molecule has 0 aromatic rings. The summed E-state index contributed by atoms with van der Waals surface area (Å²) in [6, 6.07) is 0. The standard InChI is InChI=1S/C13H10N4O4/c1-9-4-10(2)13(16-7-20,17-8-21)12(3,15-6-19)11(9)14-5-18/h4H,1-3H3. The second kappa shape index (κ2) is 5.97. The van der Waals surface area contributed by atoms with E-state index in [9.17, 15) is 19.2 Å². The van der Waals surface area contributed by atoms with Crippen molar-refractivity contribution in [1.29, 1.82) is 0 Å². The molecule has 8 heteroatoms. The summed E-state index contributed by atoms with van der Waals surface area (Å²) in [6.45, 7) is 4.48. The predicted molar refractivity (Wildman–Crippen MR) is 70.1 cm³/mol. The summed E-state index contributed by atoms with van der Waals surface area (Å²) < 4.78 is 0. The number of allylic oxidation sites excluding steroid dienone is 2. The molecule has 0 saturated carbocycles. The van der Waals surface area contributed by atoms with Gasteiger partial charge in [-0.05, 0) is 31.9 Å². The fourth-order valence-electron chi connectivity index (χ4n) is 2.44. The van der Waals surface area contributed by atoms with E-state index in [4.69, 9.17) is 0 Å². The molecule has 0 fully saturated rings. The smallest absolute Gasteiger partial charge is 0.211 e. The normalized spacial score (nSPS) is 27.3. The lowest BCUT2D eigenvalue weighted by Crippen LogP contribution is -2.52. The van der Waals surface area contributed by atoms with E-state index in [1.165, 1.54) is 44.2 Å². The van der Waals surface area contributed by atoms with Crippen molar-refractivity contribution < 1.29 is 19.2 Å². The Bertz CT molecular complexity index is 707. The Morgan fingerprint density at radius 1 is 0.905 bits per heavy atom. The Kier molecular flexibility index (Phi) is 4.56. The topological polar surface area (TPSA) is 118 Å². The highest BCUT2D eigenvalue weighted by Gasteiger charge is 2.56. The van der Waals surface area contributed by atoms with Gasteiger partial charge in [0.2, 0.25) is 30.0 Å². The van der Waals surface area contributed by atoms with Crippen LogP contribution in [0.2, 0.25) is 0 Å². The number of hydrogen-bond donors (Lipinski definition) is 0. The molecule has 0 aromatic heterocycles.